The van der Waals surface area contributed by atoms with Gasteiger partial charge in [-0.15, -0.1) is 0 Å². The Morgan fingerprint density at radius 1 is 0.556 bits per heavy atom. The molecule has 9 N–H and O–H groups in total. The molecule has 14 nitrogen and oxygen atoms in total. The van der Waals surface area contributed by atoms with E-state index in [0.717, 1.165) is 12.8 Å². The fourth-order valence-corrected chi connectivity index (χ4v) is 8.29. The second-order valence-corrected chi connectivity index (χ2v) is 17.9. The molecule has 14 heteroatoms. The summed E-state index contributed by atoms with van der Waals surface area (Å²) < 4.78 is 22.4. The van der Waals surface area contributed by atoms with E-state index in [1.165, 1.54) is 141 Å². The van der Waals surface area contributed by atoms with Crippen LogP contribution in [0.2, 0.25) is 0 Å². The zero-order chi connectivity index (χ0) is 46.1. The van der Waals surface area contributed by atoms with Gasteiger partial charge in [0.2, 0.25) is 5.91 Å². The topological polar surface area (TPSA) is 228 Å². The molecule has 0 aromatic carbocycles. The normalized spacial score (nSPS) is 27.7. The monoisotopic (exact) mass is 902 g/mol. The maximum absolute atomic E-state index is 12.5. The Morgan fingerprint density at radius 3 is 1.52 bits per heavy atom. The lowest BCUT2D eigenvalue weighted by atomic mass is 9.97. The third-order valence-corrected chi connectivity index (χ3v) is 12.4. The van der Waals surface area contributed by atoms with Gasteiger partial charge in [0.15, 0.2) is 12.6 Å². The molecule has 2 fully saturated rings. The van der Waals surface area contributed by atoms with E-state index in [1.807, 2.05) is 13.0 Å². The Labute approximate surface area is 379 Å². The molecule has 0 aliphatic carbocycles. The Kier molecular flexibility index (Phi) is 33.4. The molecule has 0 aromatic rings. The maximum atomic E-state index is 12.5. The third kappa shape index (κ3) is 24.2. The third-order valence-electron chi connectivity index (χ3n) is 12.4. The van der Waals surface area contributed by atoms with Crippen LogP contribution in [0.1, 0.15) is 187 Å². The predicted octanol–water partition coefficient (Wildman–Crippen LogP) is 6.16. The largest absolute Gasteiger partial charge is 0.394 e. The van der Waals surface area contributed by atoms with Crippen molar-refractivity contribution in [1.82, 2.24) is 5.32 Å². The highest BCUT2D eigenvalue weighted by atomic mass is 16.7. The smallest absolute Gasteiger partial charge is 0.220 e. The van der Waals surface area contributed by atoms with Gasteiger partial charge in [-0.2, -0.15) is 0 Å². The molecule has 0 aromatic heterocycles. The summed E-state index contributed by atoms with van der Waals surface area (Å²) in [5.74, 6) is -0.303. The molecule has 2 heterocycles. The van der Waals surface area contributed by atoms with Gasteiger partial charge < -0.3 is 65.1 Å². The highest BCUT2D eigenvalue weighted by Crippen LogP contribution is 2.30. The Hall–Kier alpha value is -1.53. The zero-order valence-electron chi connectivity index (χ0n) is 39.1. The summed E-state index contributed by atoms with van der Waals surface area (Å²) in [6.45, 7) is 2.39. The van der Waals surface area contributed by atoms with E-state index in [0.29, 0.717) is 12.8 Å². The molecule has 2 aliphatic rings. The van der Waals surface area contributed by atoms with Crippen LogP contribution in [0.4, 0.5) is 0 Å². The fourth-order valence-electron chi connectivity index (χ4n) is 8.29. The number of nitrogens with one attached hydrogen (secondary N) is 1. The highest BCUT2D eigenvalue weighted by Gasteiger charge is 2.51. The number of amides is 1. The summed E-state index contributed by atoms with van der Waals surface area (Å²) in [4.78, 5) is 12.5. The van der Waals surface area contributed by atoms with Crippen molar-refractivity contribution in [2.45, 2.75) is 261 Å². The lowest BCUT2D eigenvalue weighted by molar-refractivity contribution is -0.359. The van der Waals surface area contributed by atoms with Crippen LogP contribution in [0, 0.1) is 0 Å². The van der Waals surface area contributed by atoms with E-state index in [4.69, 9.17) is 18.9 Å². The number of aliphatic hydroxyl groups is 8. The lowest BCUT2D eigenvalue weighted by Gasteiger charge is -2.46. The lowest BCUT2D eigenvalue weighted by Crippen LogP contribution is -2.65. The molecule has 2 saturated heterocycles. The number of aliphatic hydroxyl groups excluding tert-OH is 8. The summed E-state index contributed by atoms with van der Waals surface area (Å²) in [6.07, 6.45) is 24.5. The molecule has 0 spiro atoms. The summed E-state index contributed by atoms with van der Waals surface area (Å²) in [6, 6.07) is -0.923. The number of unbranched alkanes of at least 4 members (excludes halogenated alkanes) is 23. The summed E-state index contributed by atoms with van der Waals surface area (Å²) in [5.41, 5.74) is 0. The fraction of sp³-hybridized carbons (Fsp3) is 0.898. The Balaban J connectivity index is 1.59. The van der Waals surface area contributed by atoms with Crippen LogP contribution in [-0.2, 0) is 23.7 Å². The van der Waals surface area contributed by atoms with E-state index >= 15 is 0 Å². The standard InChI is InChI=1S/C49H91NO13/c1-3-5-6-7-8-9-10-11-12-13-14-15-16-17-18-19-20-21-22-23-24-25-26-27-28-29-30-31-33-38(53)37(50-41(54)32-4-2)36-60-48-46(59)44(57)47(40(35-52)62-48)63-49-45(58)43(56)42(55)39(34-51)61-49/h27-28,31,33,37-40,42-49,51-53,55-59H,3-26,29-30,32,34-36H2,1-2H3,(H,50,54)/b28-27+,33-31+. The van der Waals surface area contributed by atoms with Crippen LogP contribution >= 0.6 is 0 Å². The Bertz CT molecular complexity index is 1160. The molecular formula is C49H91NO13. The number of allylic oxidation sites excluding steroid dienone is 3. The van der Waals surface area contributed by atoms with E-state index < -0.39 is 86.8 Å². The molecule has 12 unspecified atom stereocenters. The van der Waals surface area contributed by atoms with Crippen molar-refractivity contribution in [1.29, 1.82) is 0 Å². The number of carbonyl (C=O) groups is 1. The quantitative estimate of drug-likeness (QED) is 0.0250. The van der Waals surface area contributed by atoms with Crippen LogP contribution in [-0.4, -0.2) is 140 Å². The number of hydrogen-bond acceptors (Lipinski definition) is 13. The number of hydrogen-bond donors (Lipinski definition) is 9. The van der Waals surface area contributed by atoms with Gasteiger partial charge in [-0.05, 0) is 32.1 Å². The summed E-state index contributed by atoms with van der Waals surface area (Å²) in [5, 5.41) is 85.6. The van der Waals surface area contributed by atoms with Gasteiger partial charge in [0.25, 0.3) is 0 Å². The van der Waals surface area contributed by atoms with E-state index in [9.17, 15) is 45.6 Å². The molecule has 12 atom stereocenters. The van der Waals surface area contributed by atoms with Crippen molar-refractivity contribution in [2.75, 3.05) is 19.8 Å². The van der Waals surface area contributed by atoms with Crippen LogP contribution < -0.4 is 5.32 Å². The molecular weight excluding hydrogens is 811 g/mol. The van der Waals surface area contributed by atoms with E-state index in [2.05, 4.69) is 24.4 Å². The van der Waals surface area contributed by atoms with Gasteiger partial charge in [0.1, 0.15) is 48.8 Å². The van der Waals surface area contributed by atoms with Crippen LogP contribution in [0.25, 0.3) is 0 Å². The average molecular weight is 902 g/mol. The van der Waals surface area contributed by atoms with Crippen molar-refractivity contribution >= 4 is 5.91 Å². The first-order valence-electron chi connectivity index (χ1n) is 25.1. The first kappa shape index (κ1) is 57.6. The molecule has 1 amide bonds. The molecule has 0 radical (unpaired) electrons. The van der Waals surface area contributed by atoms with Crippen LogP contribution in [0.15, 0.2) is 24.3 Å². The first-order chi connectivity index (χ1) is 30.6. The minimum Gasteiger partial charge on any atom is -0.394 e. The SMILES string of the molecule is CCCCCCCCCCCCCCCCCCCCCCCC/C=C/CC/C=C/C(O)C(COC1OC(CO)C(OC2OC(CO)C(O)C(O)C2O)C(O)C1O)NC(=O)CCC. The first-order valence-corrected chi connectivity index (χ1v) is 25.1. The molecule has 0 bridgehead atoms. The van der Waals surface area contributed by atoms with Crippen molar-refractivity contribution in [3.05, 3.63) is 24.3 Å². The molecule has 0 saturated carbocycles. The van der Waals surface area contributed by atoms with Crippen molar-refractivity contribution < 1.29 is 64.6 Å². The molecule has 370 valence electrons. The van der Waals surface area contributed by atoms with Crippen LogP contribution in [0.5, 0.6) is 0 Å². The number of rotatable bonds is 38. The zero-order valence-corrected chi connectivity index (χ0v) is 39.1. The summed E-state index contributed by atoms with van der Waals surface area (Å²) >= 11 is 0. The van der Waals surface area contributed by atoms with E-state index in [1.54, 1.807) is 6.08 Å². The van der Waals surface area contributed by atoms with Gasteiger partial charge in [-0.1, -0.05) is 173 Å². The minimum atomic E-state index is -1.79. The Morgan fingerprint density at radius 2 is 1.02 bits per heavy atom. The molecule has 63 heavy (non-hydrogen) atoms. The van der Waals surface area contributed by atoms with Crippen molar-refractivity contribution in [3.63, 3.8) is 0 Å². The number of ether oxygens (including phenoxy) is 4. The highest BCUT2D eigenvalue weighted by molar-refractivity contribution is 5.76. The van der Waals surface area contributed by atoms with Gasteiger partial charge >= 0.3 is 0 Å². The van der Waals surface area contributed by atoms with Gasteiger partial charge in [-0.25, -0.2) is 0 Å². The molecule has 2 aliphatic heterocycles. The maximum Gasteiger partial charge on any atom is 0.220 e. The average Bonchev–Trinajstić information content (AvgIpc) is 3.28. The molecule has 2 rings (SSSR count). The van der Waals surface area contributed by atoms with Crippen LogP contribution in [0.3, 0.4) is 0 Å². The second-order valence-electron chi connectivity index (χ2n) is 17.9. The summed E-state index contributed by atoms with van der Waals surface area (Å²) in [7, 11) is 0. The van der Waals surface area contributed by atoms with Crippen molar-refractivity contribution in [2.24, 2.45) is 0 Å². The number of carbonyl (C=O) groups excluding carboxylic acids is 1. The van der Waals surface area contributed by atoms with Gasteiger partial charge in [0, 0.05) is 6.42 Å². The minimum absolute atomic E-state index is 0.224. The van der Waals surface area contributed by atoms with Gasteiger partial charge in [-0.3, -0.25) is 4.79 Å². The second kappa shape index (κ2) is 36.6. The van der Waals surface area contributed by atoms with Gasteiger partial charge in [0.05, 0.1) is 32.0 Å². The van der Waals surface area contributed by atoms with Crippen molar-refractivity contribution in [3.8, 4) is 0 Å². The predicted molar refractivity (Wildman–Crippen MR) is 245 cm³/mol. The van der Waals surface area contributed by atoms with E-state index in [-0.39, 0.29) is 18.9 Å².